The number of nitrogens with one attached hydrogen (secondary N) is 1. The van der Waals surface area contributed by atoms with E-state index in [0.717, 1.165) is 4.90 Å². The Morgan fingerprint density at radius 2 is 1.60 bits per heavy atom. The van der Waals surface area contributed by atoms with Crippen molar-refractivity contribution in [2.24, 2.45) is 0 Å². The van der Waals surface area contributed by atoms with Crippen molar-refractivity contribution in [2.75, 3.05) is 5.32 Å². The average molecular weight is 425 g/mol. The van der Waals surface area contributed by atoms with Crippen LogP contribution in [0.3, 0.4) is 0 Å². The van der Waals surface area contributed by atoms with Gasteiger partial charge in [-0.05, 0) is 42.0 Å². The third-order valence-electron chi connectivity index (χ3n) is 4.68. The number of carbonyl (C=O) groups excluding carboxylic acids is 2. The summed E-state index contributed by atoms with van der Waals surface area (Å²) >= 11 is 5.94. The van der Waals surface area contributed by atoms with Crippen LogP contribution in [-0.2, 0) is 16.1 Å². The third kappa shape index (κ3) is 3.82. The van der Waals surface area contributed by atoms with Gasteiger partial charge in [-0.3, -0.25) is 14.5 Å². The number of nitrogens with zero attached hydrogens (tertiary/aromatic N) is 1. The number of imide groups is 1. The predicted molar refractivity (Wildman–Crippen MR) is 110 cm³/mol. The van der Waals surface area contributed by atoms with Crippen molar-refractivity contribution in [2.45, 2.75) is 6.54 Å². The fourth-order valence-corrected chi connectivity index (χ4v) is 3.35. The first-order chi connectivity index (χ1) is 14.4. The van der Waals surface area contributed by atoms with E-state index in [4.69, 9.17) is 11.6 Å². The minimum Gasteiger partial charge on any atom is -0.350 e. The molecular formula is C23H15ClF2N2O2. The Bertz CT molecular complexity index is 1180. The highest BCUT2D eigenvalue weighted by molar-refractivity contribution is 6.36. The van der Waals surface area contributed by atoms with E-state index in [1.54, 1.807) is 36.4 Å². The minimum atomic E-state index is -0.627. The summed E-state index contributed by atoms with van der Waals surface area (Å²) in [5, 5.41) is 3.33. The zero-order valence-electron chi connectivity index (χ0n) is 15.5. The molecule has 1 heterocycles. The zero-order valence-corrected chi connectivity index (χ0v) is 16.3. The maximum atomic E-state index is 14.1. The smallest absolute Gasteiger partial charge is 0.278 e. The van der Waals surface area contributed by atoms with Gasteiger partial charge in [0.25, 0.3) is 11.8 Å². The molecule has 0 saturated heterocycles. The lowest BCUT2D eigenvalue weighted by Crippen LogP contribution is -2.32. The second-order valence-electron chi connectivity index (χ2n) is 6.68. The number of halogens is 3. The number of carbonyl (C=O) groups is 2. The maximum absolute atomic E-state index is 14.1. The Morgan fingerprint density at radius 1 is 0.867 bits per heavy atom. The lowest BCUT2D eigenvalue weighted by atomic mass is 10.0. The number of hydrogen-bond acceptors (Lipinski definition) is 3. The second-order valence-corrected chi connectivity index (χ2v) is 7.12. The molecular weight excluding hydrogens is 410 g/mol. The van der Waals surface area contributed by atoms with Crippen LogP contribution in [0.5, 0.6) is 0 Å². The fraction of sp³-hybridized carbons (Fsp3) is 0.0435. The van der Waals surface area contributed by atoms with E-state index in [-0.39, 0.29) is 23.4 Å². The molecule has 2 amide bonds. The van der Waals surface area contributed by atoms with Crippen LogP contribution in [0, 0.1) is 11.6 Å². The first kappa shape index (κ1) is 19.8. The van der Waals surface area contributed by atoms with Crippen molar-refractivity contribution in [3.63, 3.8) is 0 Å². The van der Waals surface area contributed by atoms with E-state index in [9.17, 15) is 18.4 Å². The predicted octanol–water partition coefficient (Wildman–Crippen LogP) is 5.01. The molecule has 3 aromatic carbocycles. The Balaban J connectivity index is 1.76. The molecule has 0 aromatic heterocycles. The molecule has 0 unspecified atom stereocenters. The first-order valence-electron chi connectivity index (χ1n) is 9.06. The van der Waals surface area contributed by atoms with Crippen molar-refractivity contribution in [3.8, 4) is 0 Å². The van der Waals surface area contributed by atoms with Gasteiger partial charge in [-0.25, -0.2) is 8.78 Å². The van der Waals surface area contributed by atoms with Crippen molar-refractivity contribution in [3.05, 3.63) is 106 Å². The van der Waals surface area contributed by atoms with Gasteiger partial charge in [-0.15, -0.1) is 0 Å². The quantitative estimate of drug-likeness (QED) is 0.586. The van der Waals surface area contributed by atoms with Gasteiger partial charge in [0.15, 0.2) is 0 Å². The van der Waals surface area contributed by atoms with Crippen molar-refractivity contribution in [1.29, 1.82) is 0 Å². The molecule has 3 aromatic rings. The van der Waals surface area contributed by atoms with E-state index >= 15 is 0 Å². The monoisotopic (exact) mass is 424 g/mol. The van der Waals surface area contributed by atoms with Crippen molar-refractivity contribution < 1.29 is 18.4 Å². The topological polar surface area (TPSA) is 49.4 Å². The molecule has 1 aliphatic heterocycles. The number of benzene rings is 3. The van der Waals surface area contributed by atoms with Gasteiger partial charge in [0.05, 0.1) is 12.1 Å². The molecule has 1 aliphatic rings. The maximum Gasteiger partial charge on any atom is 0.278 e. The summed E-state index contributed by atoms with van der Waals surface area (Å²) in [5.41, 5.74) is 1.08. The highest BCUT2D eigenvalue weighted by atomic mass is 35.5. The highest BCUT2D eigenvalue weighted by Gasteiger charge is 2.39. The normalized spacial score (nSPS) is 13.9. The average Bonchev–Trinajstić information content (AvgIpc) is 2.95. The van der Waals surface area contributed by atoms with Gasteiger partial charge < -0.3 is 5.32 Å². The lowest BCUT2D eigenvalue weighted by Gasteiger charge is -2.16. The highest BCUT2D eigenvalue weighted by Crippen LogP contribution is 2.32. The SMILES string of the molecule is O=C1C(Nc2cccc(F)c2)=C(c2ccc(Cl)cc2)C(=O)N1Cc1ccccc1F. The molecule has 0 fully saturated rings. The molecule has 0 bridgehead atoms. The third-order valence-corrected chi connectivity index (χ3v) is 4.93. The number of rotatable bonds is 5. The minimum absolute atomic E-state index is 0.00994. The summed E-state index contributed by atoms with van der Waals surface area (Å²) < 4.78 is 27.7. The molecule has 0 radical (unpaired) electrons. The van der Waals surface area contributed by atoms with Crippen LogP contribution in [-0.4, -0.2) is 16.7 Å². The largest absolute Gasteiger partial charge is 0.350 e. The second kappa shape index (κ2) is 8.08. The van der Waals surface area contributed by atoms with Crippen LogP contribution in [0.15, 0.2) is 78.5 Å². The number of anilines is 1. The molecule has 0 saturated carbocycles. The Labute approximate surface area is 176 Å². The lowest BCUT2D eigenvalue weighted by molar-refractivity contribution is -0.137. The van der Waals surface area contributed by atoms with E-state index < -0.39 is 23.4 Å². The summed E-state index contributed by atoms with van der Waals surface area (Å²) in [5.74, 6) is -2.21. The molecule has 1 N–H and O–H groups in total. The molecule has 30 heavy (non-hydrogen) atoms. The molecule has 7 heteroatoms. The van der Waals surface area contributed by atoms with Crippen molar-refractivity contribution in [1.82, 2.24) is 4.90 Å². The van der Waals surface area contributed by atoms with Crippen LogP contribution >= 0.6 is 11.6 Å². The van der Waals surface area contributed by atoms with Crippen LogP contribution in [0.2, 0.25) is 5.02 Å². The molecule has 150 valence electrons. The molecule has 4 nitrogen and oxygen atoms in total. The van der Waals surface area contributed by atoms with Gasteiger partial charge in [0.1, 0.15) is 17.3 Å². The Hall–Kier alpha value is -3.51. The first-order valence-corrected chi connectivity index (χ1v) is 9.44. The molecule has 0 atom stereocenters. The van der Waals surface area contributed by atoms with Gasteiger partial charge in [-0.1, -0.05) is 48.0 Å². The van der Waals surface area contributed by atoms with E-state index in [1.165, 1.54) is 36.4 Å². The standard InChI is InChI=1S/C23H15ClF2N2O2/c24-16-10-8-14(9-11-16)20-21(27-18-6-3-5-17(25)12-18)23(30)28(22(20)29)13-15-4-1-2-7-19(15)26/h1-12,27H,13H2. The zero-order chi connectivity index (χ0) is 21.3. The summed E-state index contributed by atoms with van der Waals surface area (Å²) in [6, 6.07) is 17.9. The number of hydrogen-bond donors (Lipinski definition) is 1. The van der Waals surface area contributed by atoms with Gasteiger partial charge in [0, 0.05) is 16.3 Å². The van der Waals surface area contributed by atoms with Gasteiger partial charge >= 0.3 is 0 Å². The summed E-state index contributed by atoms with van der Waals surface area (Å²) in [7, 11) is 0. The van der Waals surface area contributed by atoms with Crippen LogP contribution in [0.25, 0.3) is 5.57 Å². The van der Waals surface area contributed by atoms with Crippen molar-refractivity contribution >= 4 is 34.7 Å². The molecule has 0 spiro atoms. The van der Waals surface area contributed by atoms with E-state index in [2.05, 4.69) is 5.32 Å². The summed E-state index contributed by atoms with van der Waals surface area (Å²) in [6.45, 7) is -0.226. The Kier molecular flexibility index (Phi) is 5.33. The Morgan fingerprint density at radius 3 is 2.30 bits per heavy atom. The summed E-state index contributed by atoms with van der Waals surface area (Å²) in [4.78, 5) is 27.2. The van der Waals surface area contributed by atoms with Crippen LogP contribution in [0.1, 0.15) is 11.1 Å². The van der Waals surface area contributed by atoms with Crippen LogP contribution < -0.4 is 5.32 Å². The van der Waals surface area contributed by atoms with Gasteiger partial charge in [-0.2, -0.15) is 0 Å². The number of amides is 2. The van der Waals surface area contributed by atoms with E-state index in [1.807, 2.05) is 0 Å². The fourth-order valence-electron chi connectivity index (χ4n) is 3.23. The summed E-state index contributed by atoms with van der Waals surface area (Å²) in [6.07, 6.45) is 0. The molecule has 0 aliphatic carbocycles. The molecule has 4 rings (SSSR count). The van der Waals surface area contributed by atoms with Gasteiger partial charge in [0.2, 0.25) is 0 Å². The van der Waals surface area contributed by atoms with Crippen LogP contribution in [0.4, 0.5) is 14.5 Å². The van der Waals surface area contributed by atoms with E-state index in [0.29, 0.717) is 16.3 Å².